The van der Waals surface area contributed by atoms with Crippen LogP contribution in [0.15, 0.2) is 48.5 Å². The van der Waals surface area contributed by atoms with E-state index in [-0.39, 0.29) is 18.6 Å². The fraction of sp³-hybridized carbons (Fsp3) is 0.316. The Morgan fingerprint density at radius 2 is 1.62 bits per heavy atom. The fourth-order valence-corrected chi connectivity index (χ4v) is 2.24. The Kier molecular flexibility index (Phi) is 6.94. The molecule has 1 amide bonds. The summed E-state index contributed by atoms with van der Waals surface area (Å²) in [5.41, 5.74) is 0.991. The van der Waals surface area contributed by atoms with Gasteiger partial charge in [0.1, 0.15) is 11.5 Å². The van der Waals surface area contributed by atoms with Gasteiger partial charge < -0.3 is 14.8 Å². The maximum absolute atomic E-state index is 12.0. The highest BCUT2D eigenvalue weighted by Gasteiger charge is 2.10. The van der Waals surface area contributed by atoms with E-state index >= 15 is 0 Å². The van der Waals surface area contributed by atoms with Crippen molar-refractivity contribution in [3.63, 3.8) is 0 Å². The van der Waals surface area contributed by atoms with Crippen molar-refractivity contribution in [1.82, 2.24) is 5.32 Å². The topological polar surface area (TPSA) is 47.6 Å². The first kappa shape index (κ1) is 18.1. The molecule has 1 N–H and O–H groups in total. The van der Waals surface area contributed by atoms with Gasteiger partial charge >= 0.3 is 0 Å². The summed E-state index contributed by atoms with van der Waals surface area (Å²) < 4.78 is 11.0. The molecular weight excluding hydrogens is 326 g/mol. The SMILES string of the molecule is CCCOc1ccc(OCC(=O)NC(C)c2ccc(Cl)cc2)cc1. The Bertz CT molecular complexity index is 641. The summed E-state index contributed by atoms with van der Waals surface area (Å²) in [5.74, 6) is 1.25. The molecule has 2 aromatic carbocycles. The Morgan fingerprint density at radius 3 is 2.21 bits per heavy atom. The average molecular weight is 348 g/mol. The van der Waals surface area contributed by atoms with Gasteiger partial charge in [-0.2, -0.15) is 0 Å². The molecule has 0 heterocycles. The molecule has 5 heteroatoms. The first-order valence-corrected chi connectivity index (χ1v) is 8.36. The molecule has 0 aromatic heterocycles. The summed E-state index contributed by atoms with van der Waals surface area (Å²) in [6.07, 6.45) is 0.963. The first-order valence-electron chi connectivity index (χ1n) is 7.99. The lowest BCUT2D eigenvalue weighted by atomic mass is 10.1. The number of carbonyl (C=O) groups excluding carboxylic acids is 1. The predicted molar refractivity (Wildman–Crippen MR) is 95.7 cm³/mol. The van der Waals surface area contributed by atoms with E-state index in [4.69, 9.17) is 21.1 Å². The fourth-order valence-electron chi connectivity index (χ4n) is 2.12. The van der Waals surface area contributed by atoms with Crippen LogP contribution in [0.4, 0.5) is 0 Å². The van der Waals surface area contributed by atoms with Crippen LogP contribution < -0.4 is 14.8 Å². The minimum absolute atomic E-state index is 0.0346. The Morgan fingerprint density at radius 1 is 1.04 bits per heavy atom. The van der Waals surface area contributed by atoms with E-state index in [0.29, 0.717) is 17.4 Å². The molecule has 128 valence electrons. The normalized spacial score (nSPS) is 11.6. The first-order chi connectivity index (χ1) is 11.6. The lowest BCUT2D eigenvalue weighted by Gasteiger charge is -2.15. The maximum atomic E-state index is 12.0. The van der Waals surface area contributed by atoms with Crippen LogP contribution in [-0.2, 0) is 4.79 Å². The van der Waals surface area contributed by atoms with Gasteiger partial charge in [0.05, 0.1) is 12.6 Å². The van der Waals surface area contributed by atoms with Crippen molar-refractivity contribution in [2.45, 2.75) is 26.3 Å². The van der Waals surface area contributed by atoms with Crippen LogP contribution in [-0.4, -0.2) is 19.1 Å². The average Bonchev–Trinajstić information content (AvgIpc) is 2.59. The van der Waals surface area contributed by atoms with Gasteiger partial charge in [-0.05, 0) is 55.3 Å². The summed E-state index contributed by atoms with van der Waals surface area (Å²) >= 11 is 5.86. The highest BCUT2D eigenvalue weighted by molar-refractivity contribution is 6.30. The molecular formula is C19H22ClNO3. The van der Waals surface area contributed by atoms with E-state index < -0.39 is 0 Å². The summed E-state index contributed by atoms with van der Waals surface area (Å²) in [5, 5.41) is 3.57. The number of hydrogen-bond donors (Lipinski definition) is 1. The zero-order valence-corrected chi connectivity index (χ0v) is 14.7. The molecule has 0 saturated heterocycles. The Balaban J connectivity index is 1.79. The number of carbonyl (C=O) groups is 1. The third-order valence-electron chi connectivity index (χ3n) is 3.41. The van der Waals surface area contributed by atoms with Crippen molar-refractivity contribution in [1.29, 1.82) is 0 Å². The minimum atomic E-state index is -0.177. The Labute approximate surface area is 147 Å². The molecule has 0 aliphatic heterocycles. The van der Waals surface area contributed by atoms with Crippen LogP contribution in [0.5, 0.6) is 11.5 Å². The second-order valence-electron chi connectivity index (χ2n) is 5.45. The van der Waals surface area contributed by atoms with Gasteiger partial charge in [-0.1, -0.05) is 30.7 Å². The number of hydrogen-bond acceptors (Lipinski definition) is 3. The molecule has 0 aliphatic rings. The van der Waals surface area contributed by atoms with Crippen LogP contribution >= 0.6 is 11.6 Å². The highest BCUT2D eigenvalue weighted by Crippen LogP contribution is 2.18. The molecule has 0 saturated carbocycles. The van der Waals surface area contributed by atoms with Crippen LogP contribution in [0.3, 0.4) is 0 Å². The van der Waals surface area contributed by atoms with Gasteiger partial charge in [-0.3, -0.25) is 4.79 Å². The lowest BCUT2D eigenvalue weighted by Crippen LogP contribution is -2.31. The second kappa shape index (κ2) is 9.18. The van der Waals surface area contributed by atoms with E-state index in [1.165, 1.54) is 0 Å². The van der Waals surface area contributed by atoms with E-state index in [1.54, 1.807) is 24.3 Å². The van der Waals surface area contributed by atoms with Crippen molar-refractivity contribution in [3.05, 3.63) is 59.1 Å². The second-order valence-corrected chi connectivity index (χ2v) is 5.89. The van der Waals surface area contributed by atoms with Gasteiger partial charge in [-0.15, -0.1) is 0 Å². The number of rotatable bonds is 8. The third kappa shape index (κ3) is 5.78. The number of ether oxygens (including phenoxy) is 2. The van der Waals surface area contributed by atoms with Crippen molar-refractivity contribution >= 4 is 17.5 Å². The molecule has 0 radical (unpaired) electrons. The zero-order valence-electron chi connectivity index (χ0n) is 13.9. The minimum Gasteiger partial charge on any atom is -0.494 e. The summed E-state index contributed by atoms with van der Waals surface area (Å²) in [4.78, 5) is 12.0. The van der Waals surface area contributed by atoms with E-state index in [0.717, 1.165) is 17.7 Å². The molecule has 0 spiro atoms. The smallest absolute Gasteiger partial charge is 0.258 e. The molecule has 24 heavy (non-hydrogen) atoms. The molecule has 0 aliphatic carbocycles. The van der Waals surface area contributed by atoms with Gasteiger partial charge in [0.25, 0.3) is 5.91 Å². The molecule has 2 aromatic rings. The van der Waals surface area contributed by atoms with Crippen LogP contribution in [0.2, 0.25) is 5.02 Å². The number of halogens is 1. The number of amides is 1. The third-order valence-corrected chi connectivity index (χ3v) is 3.67. The lowest BCUT2D eigenvalue weighted by molar-refractivity contribution is -0.123. The monoisotopic (exact) mass is 347 g/mol. The van der Waals surface area contributed by atoms with Gasteiger partial charge in [0, 0.05) is 5.02 Å². The van der Waals surface area contributed by atoms with Crippen LogP contribution in [0, 0.1) is 0 Å². The summed E-state index contributed by atoms with van der Waals surface area (Å²) in [7, 11) is 0. The molecule has 1 atom stereocenters. The maximum Gasteiger partial charge on any atom is 0.258 e. The number of nitrogens with one attached hydrogen (secondary N) is 1. The summed E-state index contributed by atoms with van der Waals surface area (Å²) in [6.45, 7) is 4.63. The standard InChI is InChI=1S/C19H22ClNO3/c1-3-12-23-17-8-10-18(11-9-17)24-13-19(22)21-14(2)15-4-6-16(20)7-5-15/h4-11,14H,3,12-13H2,1-2H3,(H,21,22). The molecule has 0 fully saturated rings. The van der Waals surface area contributed by atoms with Crippen molar-refractivity contribution in [2.75, 3.05) is 13.2 Å². The predicted octanol–water partition coefficient (Wildman–Crippen LogP) is 4.39. The van der Waals surface area contributed by atoms with Crippen LogP contribution in [0.25, 0.3) is 0 Å². The highest BCUT2D eigenvalue weighted by atomic mass is 35.5. The van der Waals surface area contributed by atoms with Gasteiger partial charge in [0.15, 0.2) is 6.61 Å². The van der Waals surface area contributed by atoms with Crippen molar-refractivity contribution in [3.8, 4) is 11.5 Å². The van der Waals surface area contributed by atoms with E-state index in [2.05, 4.69) is 12.2 Å². The van der Waals surface area contributed by atoms with E-state index in [1.807, 2.05) is 31.2 Å². The van der Waals surface area contributed by atoms with Gasteiger partial charge in [-0.25, -0.2) is 0 Å². The Hall–Kier alpha value is -2.20. The molecule has 1 unspecified atom stereocenters. The zero-order chi connectivity index (χ0) is 17.4. The van der Waals surface area contributed by atoms with Gasteiger partial charge in [0.2, 0.25) is 0 Å². The van der Waals surface area contributed by atoms with Crippen molar-refractivity contribution < 1.29 is 14.3 Å². The van der Waals surface area contributed by atoms with E-state index in [9.17, 15) is 4.79 Å². The van der Waals surface area contributed by atoms with Crippen molar-refractivity contribution in [2.24, 2.45) is 0 Å². The van der Waals surface area contributed by atoms with Crippen LogP contribution in [0.1, 0.15) is 31.9 Å². The molecule has 2 rings (SSSR count). The molecule has 0 bridgehead atoms. The number of benzene rings is 2. The quantitative estimate of drug-likeness (QED) is 0.770. The molecule has 4 nitrogen and oxygen atoms in total. The summed E-state index contributed by atoms with van der Waals surface area (Å²) in [6, 6.07) is 14.5. The largest absolute Gasteiger partial charge is 0.494 e.